The van der Waals surface area contributed by atoms with Crippen LogP contribution in [0.1, 0.15) is 56.2 Å². The van der Waals surface area contributed by atoms with Crippen molar-refractivity contribution in [1.29, 1.82) is 0 Å². The average Bonchev–Trinajstić information content (AvgIpc) is 3.56. The normalized spacial score (nSPS) is 18.1. The predicted molar refractivity (Wildman–Crippen MR) is 136 cm³/mol. The maximum absolute atomic E-state index is 5.89. The van der Waals surface area contributed by atoms with Gasteiger partial charge < -0.3 is 5.73 Å². The van der Waals surface area contributed by atoms with E-state index < -0.39 is 0 Å². The number of aryl methyl sites for hydroxylation is 1. The number of nitrogens with two attached hydrogens (primary N) is 1. The number of hydrogen-bond donors (Lipinski definition) is 2. The van der Waals surface area contributed by atoms with E-state index in [2.05, 4.69) is 62.6 Å². The number of nitrogens with one attached hydrogen (secondary N) is 1. The standard InChI is InChI=1S/C27H34N8/c1-2-5-25-29-26(16-19-8-10-20(17-28)11-9-19)35(32-25)18-21-12-14-22(15-13-21)23-6-3-4-7-24(23)27-30-33-34-31-27/h3-4,6-7,12-15,19-20H,2,5,8-11,16-18,28H2,1H3,(H,30,31,33,34). The highest BCUT2D eigenvalue weighted by Crippen LogP contribution is 2.31. The van der Waals surface area contributed by atoms with Gasteiger partial charge >= 0.3 is 0 Å². The van der Waals surface area contributed by atoms with Crippen molar-refractivity contribution < 1.29 is 0 Å². The number of hydrogen-bond acceptors (Lipinski definition) is 6. The maximum Gasteiger partial charge on any atom is 0.180 e. The molecule has 1 aliphatic rings. The number of aromatic amines is 1. The predicted octanol–water partition coefficient (Wildman–Crippen LogP) is 4.43. The second-order valence-electron chi connectivity index (χ2n) is 9.67. The second kappa shape index (κ2) is 10.9. The van der Waals surface area contributed by atoms with Crippen LogP contribution in [0.25, 0.3) is 22.5 Å². The van der Waals surface area contributed by atoms with Crippen molar-refractivity contribution in [3.05, 3.63) is 65.7 Å². The number of benzene rings is 2. The van der Waals surface area contributed by atoms with Gasteiger partial charge in [0, 0.05) is 18.4 Å². The molecule has 2 heterocycles. The zero-order chi connectivity index (χ0) is 24.0. The summed E-state index contributed by atoms with van der Waals surface area (Å²) in [4.78, 5) is 4.94. The first-order valence-electron chi connectivity index (χ1n) is 12.8. The van der Waals surface area contributed by atoms with Crippen LogP contribution >= 0.6 is 0 Å². The van der Waals surface area contributed by atoms with E-state index in [0.717, 1.165) is 60.7 Å². The van der Waals surface area contributed by atoms with Crippen LogP contribution in [-0.2, 0) is 19.4 Å². The van der Waals surface area contributed by atoms with Crippen LogP contribution in [0.3, 0.4) is 0 Å². The largest absolute Gasteiger partial charge is 0.330 e. The van der Waals surface area contributed by atoms with Gasteiger partial charge in [-0.3, -0.25) is 0 Å². The van der Waals surface area contributed by atoms with E-state index in [0.29, 0.717) is 17.7 Å². The smallest absolute Gasteiger partial charge is 0.180 e. The molecule has 0 atom stereocenters. The van der Waals surface area contributed by atoms with Gasteiger partial charge in [0.05, 0.1) is 6.54 Å². The van der Waals surface area contributed by atoms with Gasteiger partial charge in [-0.15, -0.1) is 5.10 Å². The Morgan fingerprint density at radius 2 is 1.71 bits per heavy atom. The van der Waals surface area contributed by atoms with Crippen molar-refractivity contribution in [2.24, 2.45) is 17.6 Å². The van der Waals surface area contributed by atoms with E-state index in [1.807, 2.05) is 18.2 Å². The lowest BCUT2D eigenvalue weighted by molar-refractivity contribution is 0.273. The number of aromatic nitrogens is 7. The first-order valence-corrected chi connectivity index (χ1v) is 12.8. The molecule has 0 aliphatic heterocycles. The second-order valence-corrected chi connectivity index (χ2v) is 9.67. The van der Waals surface area contributed by atoms with Gasteiger partial charge in [0.25, 0.3) is 0 Å². The fourth-order valence-corrected chi connectivity index (χ4v) is 5.14. The topological polar surface area (TPSA) is 111 Å². The van der Waals surface area contributed by atoms with Crippen LogP contribution in [0.15, 0.2) is 48.5 Å². The van der Waals surface area contributed by atoms with Crippen LogP contribution in [0.2, 0.25) is 0 Å². The fourth-order valence-electron chi connectivity index (χ4n) is 5.14. The van der Waals surface area contributed by atoms with Crippen molar-refractivity contribution in [2.75, 3.05) is 6.54 Å². The third-order valence-corrected chi connectivity index (χ3v) is 7.16. The van der Waals surface area contributed by atoms with Crippen LogP contribution in [0.4, 0.5) is 0 Å². The minimum Gasteiger partial charge on any atom is -0.330 e. The monoisotopic (exact) mass is 470 g/mol. The molecule has 5 rings (SSSR count). The Morgan fingerprint density at radius 1 is 0.971 bits per heavy atom. The van der Waals surface area contributed by atoms with Gasteiger partial charge in [-0.05, 0) is 77.6 Å². The van der Waals surface area contributed by atoms with Crippen LogP contribution in [0.5, 0.6) is 0 Å². The molecule has 0 unspecified atom stereocenters. The highest BCUT2D eigenvalue weighted by molar-refractivity contribution is 5.80. The zero-order valence-electron chi connectivity index (χ0n) is 20.4. The van der Waals surface area contributed by atoms with Crippen LogP contribution in [-0.4, -0.2) is 41.9 Å². The van der Waals surface area contributed by atoms with Crippen molar-refractivity contribution in [3.8, 4) is 22.5 Å². The van der Waals surface area contributed by atoms with Gasteiger partial charge in [-0.1, -0.05) is 55.5 Å². The molecule has 4 aromatic rings. The molecule has 1 aliphatic carbocycles. The molecular formula is C27H34N8. The summed E-state index contributed by atoms with van der Waals surface area (Å²) in [6.07, 6.45) is 7.95. The fraction of sp³-hybridized carbons (Fsp3) is 0.444. The molecule has 1 fully saturated rings. The minimum atomic E-state index is 0.667. The number of rotatable bonds is 9. The molecule has 8 heteroatoms. The summed E-state index contributed by atoms with van der Waals surface area (Å²) >= 11 is 0. The van der Waals surface area contributed by atoms with Crippen molar-refractivity contribution in [2.45, 2.75) is 58.4 Å². The van der Waals surface area contributed by atoms with Crippen LogP contribution < -0.4 is 5.73 Å². The first-order chi connectivity index (χ1) is 17.2. The Kier molecular flexibility index (Phi) is 7.28. The lowest BCUT2D eigenvalue weighted by Gasteiger charge is -2.27. The summed E-state index contributed by atoms with van der Waals surface area (Å²) in [6.45, 7) is 3.73. The highest BCUT2D eigenvalue weighted by Gasteiger charge is 2.23. The van der Waals surface area contributed by atoms with E-state index in [-0.39, 0.29) is 0 Å². The summed E-state index contributed by atoms with van der Waals surface area (Å²) < 4.78 is 2.13. The first kappa shape index (κ1) is 23.4. The van der Waals surface area contributed by atoms with Crippen molar-refractivity contribution in [1.82, 2.24) is 35.4 Å². The summed E-state index contributed by atoms with van der Waals surface area (Å²) in [5.41, 5.74) is 10.3. The Labute approximate surface area is 206 Å². The van der Waals surface area contributed by atoms with Gasteiger partial charge in [-0.25, -0.2) is 14.8 Å². The zero-order valence-corrected chi connectivity index (χ0v) is 20.4. The van der Waals surface area contributed by atoms with Crippen molar-refractivity contribution in [3.63, 3.8) is 0 Å². The van der Waals surface area contributed by atoms with Gasteiger partial charge in [0.1, 0.15) is 5.82 Å². The molecule has 182 valence electrons. The molecule has 0 saturated heterocycles. The highest BCUT2D eigenvalue weighted by atomic mass is 15.5. The molecule has 3 N–H and O–H groups in total. The SMILES string of the molecule is CCCc1nc(CC2CCC(CN)CC2)n(Cc2ccc(-c3ccccc3-c3nnn[nH]3)cc2)n1. The van der Waals surface area contributed by atoms with Gasteiger partial charge in [0.15, 0.2) is 11.6 Å². The average molecular weight is 471 g/mol. The molecule has 2 aromatic heterocycles. The number of tetrazole rings is 1. The molecule has 8 nitrogen and oxygen atoms in total. The van der Waals surface area contributed by atoms with E-state index in [4.69, 9.17) is 15.8 Å². The molecule has 0 radical (unpaired) electrons. The van der Waals surface area contributed by atoms with E-state index in [1.165, 1.54) is 31.2 Å². The van der Waals surface area contributed by atoms with Crippen molar-refractivity contribution >= 4 is 0 Å². The number of nitrogens with zero attached hydrogens (tertiary/aromatic N) is 6. The lowest BCUT2D eigenvalue weighted by atomic mass is 9.80. The third-order valence-electron chi connectivity index (χ3n) is 7.16. The summed E-state index contributed by atoms with van der Waals surface area (Å²) in [7, 11) is 0. The Hall–Kier alpha value is -3.39. The molecule has 0 amide bonds. The van der Waals surface area contributed by atoms with Gasteiger partial charge in [0.2, 0.25) is 0 Å². The maximum atomic E-state index is 5.89. The number of H-pyrrole nitrogens is 1. The molecule has 35 heavy (non-hydrogen) atoms. The molecule has 2 aromatic carbocycles. The Balaban J connectivity index is 1.33. The Morgan fingerprint density at radius 3 is 2.40 bits per heavy atom. The minimum absolute atomic E-state index is 0.667. The Bertz CT molecular complexity index is 1200. The third kappa shape index (κ3) is 5.48. The summed E-state index contributed by atoms with van der Waals surface area (Å²) in [5.74, 6) is 4.13. The summed E-state index contributed by atoms with van der Waals surface area (Å²) in [5, 5.41) is 19.3. The van der Waals surface area contributed by atoms with E-state index >= 15 is 0 Å². The molecule has 0 spiro atoms. The molecular weight excluding hydrogens is 436 g/mol. The van der Waals surface area contributed by atoms with Crippen LogP contribution in [0, 0.1) is 11.8 Å². The molecule has 0 bridgehead atoms. The quantitative estimate of drug-likeness (QED) is 0.374. The van der Waals surface area contributed by atoms with E-state index in [1.54, 1.807) is 0 Å². The van der Waals surface area contributed by atoms with E-state index in [9.17, 15) is 0 Å². The summed E-state index contributed by atoms with van der Waals surface area (Å²) in [6, 6.07) is 16.9. The van der Waals surface area contributed by atoms with Gasteiger partial charge in [-0.2, -0.15) is 5.10 Å². The lowest BCUT2D eigenvalue weighted by Crippen LogP contribution is -2.23. The molecule has 1 saturated carbocycles.